The van der Waals surface area contributed by atoms with Gasteiger partial charge in [0.2, 0.25) is 0 Å². The van der Waals surface area contributed by atoms with Crippen LogP contribution in [0.25, 0.3) is 0 Å². The Morgan fingerprint density at radius 2 is 2.17 bits per heavy atom. The fourth-order valence-corrected chi connectivity index (χ4v) is 3.40. The highest BCUT2D eigenvalue weighted by molar-refractivity contribution is 8.23. The molecule has 0 saturated heterocycles. The van der Waals surface area contributed by atoms with E-state index in [9.17, 15) is 4.79 Å². The summed E-state index contributed by atoms with van der Waals surface area (Å²) in [5.41, 5.74) is 0.990. The van der Waals surface area contributed by atoms with Crippen molar-refractivity contribution in [3.8, 4) is 0 Å². The Morgan fingerprint density at radius 1 is 1.43 bits per heavy atom. The number of benzene rings is 1. The maximum Gasteiger partial charge on any atom is 0.258 e. The normalized spacial score (nSPS) is 11.5. The van der Waals surface area contributed by atoms with Crippen molar-refractivity contribution in [2.75, 3.05) is 19.8 Å². The summed E-state index contributed by atoms with van der Waals surface area (Å²) in [5, 5.41) is 2.61. The van der Waals surface area contributed by atoms with E-state index < -0.39 is 0 Å². The van der Waals surface area contributed by atoms with Gasteiger partial charge in [0.1, 0.15) is 4.32 Å². The zero-order chi connectivity index (χ0) is 16.8. The van der Waals surface area contributed by atoms with Crippen molar-refractivity contribution in [1.82, 2.24) is 9.47 Å². The predicted octanol–water partition coefficient (Wildman–Crippen LogP) is 3.26. The highest BCUT2D eigenvalue weighted by Gasteiger charge is 2.07. The lowest BCUT2D eigenvalue weighted by Gasteiger charge is -2.11. The summed E-state index contributed by atoms with van der Waals surface area (Å²) in [4.78, 5) is 18.6. The smallest absolute Gasteiger partial charge is 0.258 e. The van der Waals surface area contributed by atoms with E-state index in [2.05, 4.69) is 4.99 Å². The average Bonchev–Trinajstić information content (AvgIpc) is 2.94. The first-order valence-electron chi connectivity index (χ1n) is 6.76. The summed E-state index contributed by atoms with van der Waals surface area (Å²) in [6, 6.07) is 7.65. The third-order valence-electron chi connectivity index (χ3n) is 2.86. The molecule has 1 amide bonds. The molecule has 8 heteroatoms. The molecular formula is C15H16ClN3OS3. The third-order valence-corrected chi connectivity index (χ3v) is 5.75. The van der Waals surface area contributed by atoms with Crippen molar-refractivity contribution in [3.63, 3.8) is 0 Å². The predicted molar refractivity (Wildman–Crippen MR) is 102 cm³/mol. The van der Waals surface area contributed by atoms with Crippen LogP contribution in [0.2, 0.25) is 5.02 Å². The molecule has 1 heterocycles. The fourth-order valence-electron chi connectivity index (χ4n) is 1.71. The molecule has 23 heavy (non-hydrogen) atoms. The van der Waals surface area contributed by atoms with Crippen LogP contribution in [-0.4, -0.2) is 39.5 Å². The van der Waals surface area contributed by atoms with Gasteiger partial charge in [-0.25, -0.2) is 0 Å². The van der Waals surface area contributed by atoms with E-state index in [1.165, 1.54) is 23.1 Å². The van der Waals surface area contributed by atoms with E-state index in [1.54, 1.807) is 4.90 Å². The summed E-state index contributed by atoms with van der Waals surface area (Å²) in [6.07, 6.45) is 1.90. The summed E-state index contributed by atoms with van der Waals surface area (Å²) < 4.78 is 2.59. The van der Waals surface area contributed by atoms with Crippen molar-refractivity contribution in [3.05, 3.63) is 51.2 Å². The van der Waals surface area contributed by atoms with Gasteiger partial charge in [0.15, 0.2) is 4.80 Å². The molecule has 0 aliphatic rings. The summed E-state index contributed by atoms with van der Waals surface area (Å²) in [6.45, 7) is 0.582. The number of thiazole rings is 1. The van der Waals surface area contributed by atoms with Gasteiger partial charge in [0.05, 0.1) is 12.3 Å². The van der Waals surface area contributed by atoms with Crippen LogP contribution < -0.4 is 4.80 Å². The van der Waals surface area contributed by atoms with Crippen LogP contribution in [0.5, 0.6) is 0 Å². The Bertz CT molecular complexity index is 767. The second-order valence-electron chi connectivity index (χ2n) is 4.86. The van der Waals surface area contributed by atoms with Crippen LogP contribution in [0, 0.1) is 0 Å². The van der Waals surface area contributed by atoms with E-state index in [-0.39, 0.29) is 11.7 Å². The third kappa shape index (κ3) is 5.46. The van der Waals surface area contributed by atoms with E-state index in [4.69, 9.17) is 23.8 Å². The first-order chi connectivity index (χ1) is 11.0. The lowest BCUT2D eigenvalue weighted by atomic mass is 10.2. The second-order valence-corrected chi connectivity index (χ2v) is 7.75. The van der Waals surface area contributed by atoms with Crippen molar-refractivity contribution in [2.45, 2.75) is 6.54 Å². The number of hydrogen-bond acceptors (Lipinski definition) is 4. The molecule has 0 N–H and O–H groups in total. The Labute approximate surface area is 153 Å². The maximum atomic E-state index is 12.0. The Balaban J connectivity index is 2.09. The second kappa shape index (κ2) is 8.63. The van der Waals surface area contributed by atoms with Crippen molar-refractivity contribution in [1.29, 1.82) is 0 Å². The molecule has 122 valence electrons. The van der Waals surface area contributed by atoms with Crippen LogP contribution in [0.15, 0.2) is 40.8 Å². The highest BCUT2D eigenvalue weighted by atomic mass is 35.5. The van der Waals surface area contributed by atoms with Crippen LogP contribution in [0.3, 0.4) is 0 Å². The van der Waals surface area contributed by atoms with Crippen LogP contribution >= 0.6 is 46.9 Å². The number of amides is 1. The minimum atomic E-state index is -0.199. The number of thioether (sulfide) groups is 1. The molecule has 0 spiro atoms. The number of carbonyl (C=O) groups excluding carboxylic acids is 1. The maximum absolute atomic E-state index is 12.0. The fraction of sp³-hybridized carbons (Fsp3) is 0.267. The van der Waals surface area contributed by atoms with Gasteiger partial charge in [-0.15, -0.1) is 11.3 Å². The molecule has 0 atom stereocenters. The molecule has 0 bridgehead atoms. The topological polar surface area (TPSA) is 37.6 Å². The summed E-state index contributed by atoms with van der Waals surface area (Å²) >= 11 is 14.1. The molecule has 1 aromatic heterocycles. The number of halogens is 1. The van der Waals surface area contributed by atoms with Gasteiger partial charge >= 0.3 is 0 Å². The molecule has 0 saturated carbocycles. The molecule has 4 nitrogen and oxygen atoms in total. The average molecular weight is 386 g/mol. The van der Waals surface area contributed by atoms with Crippen molar-refractivity contribution < 1.29 is 4.79 Å². The first-order valence-corrected chi connectivity index (χ1v) is 9.41. The summed E-state index contributed by atoms with van der Waals surface area (Å²) in [7, 11) is 3.71. The zero-order valence-electron chi connectivity index (χ0n) is 12.7. The van der Waals surface area contributed by atoms with Crippen molar-refractivity contribution in [2.24, 2.45) is 4.99 Å². The molecule has 0 fully saturated rings. The van der Waals surface area contributed by atoms with Crippen LogP contribution in [-0.2, 0) is 11.3 Å². The molecule has 0 radical (unpaired) electrons. The Morgan fingerprint density at radius 3 is 2.87 bits per heavy atom. The molecular weight excluding hydrogens is 370 g/mol. The highest BCUT2D eigenvalue weighted by Crippen LogP contribution is 2.15. The summed E-state index contributed by atoms with van der Waals surface area (Å²) in [5.74, 6) is 0.0376. The van der Waals surface area contributed by atoms with Crippen LogP contribution in [0.1, 0.15) is 5.56 Å². The first kappa shape index (κ1) is 18.2. The lowest BCUT2D eigenvalue weighted by molar-refractivity contribution is -0.115. The van der Waals surface area contributed by atoms with Gasteiger partial charge < -0.3 is 9.47 Å². The van der Waals surface area contributed by atoms with E-state index in [0.29, 0.717) is 20.7 Å². The quantitative estimate of drug-likeness (QED) is 0.757. The Kier molecular flexibility index (Phi) is 6.83. The van der Waals surface area contributed by atoms with Gasteiger partial charge in [0, 0.05) is 30.7 Å². The number of rotatable bonds is 4. The van der Waals surface area contributed by atoms with Gasteiger partial charge in [-0.1, -0.05) is 53.8 Å². The minimum Gasteiger partial charge on any atom is -0.364 e. The molecule has 0 unspecified atom stereocenters. The van der Waals surface area contributed by atoms with Crippen molar-refractivity contribution >= 4 is 57.1 Å². The zero-order valence-corrected chi connectivity index (χ0v) is 15.9. The Hall–Kier alpha value is -1.15. The number of thiocarbonyl (C=S) groups is 1. The SMILES string of the molecule is CN(C)C(=S)SCC(=O)N=c1sccn1Cc1ccccc1Cl. The van der Waals surface area contributed by atoms with Gasteiger partial charge in [-0.2, -0.15) is 4.99 Å². The van der Waals surface area contributed by atoms with Gasteiger partial charge in [0.25, 0.3) is 5.91 Å². The van der Waals surface area contributed by atoms with Gasteiger partial charge in [-0.3, -0.25) is 4.79 Å². The molecule has 2 aromatic rings. The number of aromatic nitrogens is 1. The van der Waals surface area contributed by atoms with Gasteiger partial charge in [-0.05, 0) is 11.6 Å². The lowest BCUT2D eigenvalue weighted by Crippen LogP contribution is -2.20. The van der Waals surface area contributed by atoms with E-state index in [0.717, 1.165) is 5.56 Å². The standard InChI is InChI=1S/C15H16ClN3OS3/c1-18(2)15(21)23-10-13(20)17-14-19(7-8-22-14)9-11-5-3-4-6-12(11)16/h3-8H,9-10H2,1-2H3. The monoisotopic (exact) mass is 385 g/mol. The molecule has 2 rings (SSSR count). The number of carbonyl (C=O) groups is 1. The number of nitrogens with zero attached hydrogens (tertiary/aromatic N) is 3. The molecule has 1 aromatic carbocycles. The van der Waals surface area contributed by atoms with E-state index >= 15 is 0 Å². The molecule has 0 aliphatic heterocycles. The van der Waals surface area contributed by atoms with E-state index in [1.807, 2.05) is 54.5 Å². The minimum absolute atomic E-state index is 0.199. The largest absolute Gasteiger partial charge is 0.364 e. The van der Waals surface area contributed by atoms with Crippen LogP contribution in [0.4, 0.5) is 0 Å². The number of hydrogen-bond donors (Lipinski definition) is 0. The molecule has 0 aliphatic carbocycles.